The van der Waals surface area contributed by atoms with Crippen LogP contribution in [0.1, 0.15) is 27.2 Å². The Labute approximate surface area is 146 Å². The average molecular weight is 339 g/mol. The summed E-state index contributed by atoms with van der Waals surface area (Å²) >= 11 is 0. The molecule has 0 aliphatic heterocycles. The summed E-state index contributed by atoms with van der Waals surface area (Å²) in [7, 11) is 1.61. The second-order valence-electron chi connectivity index (χ2n) is 5.90. The number of hydrogen-bond donors (Lipinski definition) is 2. The molecule has 0 spiro atoms. The Morgan fingerprint density at radius 1 is 1.16 bits per heavy atom. The maximum absolute atomic E-state index is 12.4. The molecule has 0 saturated carbocycles. The van der Waals surface area contributed by atoms with E-state index in [2.05, 4.69) is 5.32 Å². The van der Waals surface area contributed by atoms with Crippen LogP contribution in [0.2, 0.25) is 0 Å². The fourth-order valence-corrected chi connectivity index (χ4v) is 2.76. The minimum Gasteiger partial charge on any atom is -0.497 e. The highest BCUT2D eigenvalue weighted by molar-refractivity contribution is 5.99. The van der Waals surface area contributed by atoms with E-state index in [0.717, 1.165) is 27.8 Å². The van der Waals surface area contributed by atoms with E-state index in [0.29, 0.717) is 24.3 Å². The van der Waals surface area contributed by atoms with Gasteiger partial charge in [-0.15, -0.1) is 0 Å². The molecule has 0 aliphatic carbocycles. The van der Waals surface area contributed by atoms with Gasteiger partial charge in [0.25, 0.3) is 5.91 Å². The van der Waals surface area contributed by atoms with Gasteiger partial charge in [-0.3, -0.25) is 4.79 Å². The third-order valence-corrected chi connectivity index (χ3v) is 4.25. The van der Waals surface area contributed by atoms with Crippen molar-refractivity contribution >= 4 is 16.9 Å². The minimum absolute atomic E-state index is 0.0349. The van der Waals surface area contributed by atoms with Gasteiger partial charge in [-0.2, -0.15) is 0 Å². The van der Waals surface area contributed by atoms with Gasteiger partial charge in [0.1, 0.15) is 11.3 Å². The van der Waals surface area contributed by atoms with E-state index < -0.39 is 0 Å². The zero-order chi connectivity index (χ0) is 17.8. The molecular weight excluding hydrogens is 318 g/mol. The molecule has 1 amide bonds. The summed E-state index contributed by atoms with van der Waals surface area (Å²) in [6.45, 7) is 2.41. The highest BCUT2D eigenvalue weighted by Crippen LogP contribution is 2.28. The van der Waals surface area contributed by atoms with Crippen LogP contribution in [0.3, 0.4) is 0 Å². The lowest BCUT2D eigenvalue weighted by molar-refractivity contribution is 0.0928. The molecular formula is C20H21NO4. The first-order chi connectivity index (χ1) is 12.1. The monoisotopic (exact) mass is 339 g/mol. The molecule has 3 aromatic rings. The van der Waals surface area contributed by atoms with Crippen LogP contribution in [0.5, 0.6) is 5.75 Å². The molecule has 130 valence electrons. The minimum atomic E-state index is -0.223. The lowest BCUT2D eigenvalue weighted by Crippen LogP contribution is -2.25. The maximum atomic E-state index is 12.4. The molecule has 0 unspecified atom stereocenters. The van der Waals surface area contributed by atoms with Crippen molar-refractivity contribution in [3.63, 3.8) is 0 Å². The van der Waals surface area contributed by atoms with Crippen molar-refractivity contribution < 1.29 is 19.1 Å². The highest BCUT2D eigenvalue weighted by atomic mass is 16.5. The van der Waals surface area contributed by atoms with Gasteiger partial charge < -0.3 is 19.6 Å². The number of carbonyl (C=O) groups is 1. The molecule has 25 heavy (non-hydrogen) atoms. The fourth-order valence-electron chi connectivity index (χ4n) is 2.76. The van der Waals surface area contributed by atoms with E-state index in [-0.39, 0.29) is 12.5 Å². The van der Waals surface area contributed by atoms with Gasteiger partial charge in [-0.25, -0.2) is 0 Å². The molecule has 5 nitrogen and oxygen atoms in total. The quantitative estimate of drug-likeness (QED) is 0.723. The molecule has 0 saturated heterocycles. The molecule has 5 heteroatoms. The first kappa shape index (κ1) is 17.0. The summed E-state index contributed by atoms with van der Waals surface area (Å²) < 4.78 is 10.9. The molecule has 1 heterocycles. The Morgan fingerprint density at radius 2 is 1.88 bits per heavy atom. The Morgan fingerprint density at radius 3 is 2.56 bits per heavy atom. The number of rotatable bonds is 6. The van der Waals surface area contributed by atoms with E-state index in [1.54, 1.807) is 13.2 Å². The van der Waals surface area contributed by atoms with Gasteiger partial charge in [-0.1, -0.05) is 24.3 Å². The Bertz CT molecular complexity index is 881. The van der Waals surface area contributed by atoms with Crippen molar-refractivity contribution in [1.29, 1.82) is 0 Å². The fraction of sp³-hybridized carbons (Fsp3) is 0.250. The number of aliphatic hydroxyl groups is 1. The molecule has 3 rings (SSSR count). The second-order valence-corrected chi connectivity index (χ2v) is 5.90. The summed E-state index contributed by atoms with van der Waals surface area (Å²) in [4.78, 5) is 12.4. The Balaban J connectivity index is 1.66. The van der Waals surface area contributed by atoms with Crippen molar-refractivity contribution in [2.24, 2.45) is 0 Å². The summed E-state index contributed by atoms with van der Waals surface area (Å²) in [5, 5.41) is 12.8. The van der Waals surface area contributed by atoms with Crippen molar-refractivity contribution in [2.75, 3.05) is 13.7 Å². The maximum Gasteiger partial charge on any atom is 0.287 e. The third kappa shape index (κ3) is 3.67. The van der Waals surface area contributed by atoms with Crippen LogP contribution in [0.4, 0.5) is 0 Å². The number of aliphatic hydroxyl groups excluding tert-OH is 1. The number of furan rings is 1. The number of carbonyl (C=O) groups excluding carboxylic acids is 1. The largest absolute Gasteiger partial charge is 0.497 e. The second kappa shape index (κ2) is 7.40. The lowest BCUT2D eigenvalue weighted by atomic mass is 10.1. The molecule has 2 aromatic carbocycles. The third-order valence-electron chi connectivity index (χ3n) is 4.25. The Hall–Kier alpha value is -2.79. The van der Waals surface area contributed by atoms with E-state index in [4.69, 9.17) is 14.3 Å². The van der Waals surface area contributed by atoms with Crippen LogP contribution in [-0.4, -0.2) is 24.7 Å². The number of fused-ring (bicyclic) bond motifs is 1. The summed E-state index contributed by atoms with van der Waals surface area (Å²) in [6.07, 6.45) is 0.713. The standard InChI is InChI=1S/C20H21NO4/c1-13-17-11-16(24-2)7-8-18(17)25-19(13)20(23)21-10-9-14-3-5-15(12-22)6-4-14/h3-8,11,22H,9-10,12H2,1-2H3,(H,21,23). The van der Waals surface area contributed by atoms with Gasteiger partial charge in [0.05, 0.1) is 13.7 Å². The smallest absolute Gasteiger partial charge is 0.287 e. The topological polar surface area (TPSA) is 71.7 Å². The Kier molecular flexibility index (Phi) is 5.05. The van der Waals surface area contributed by atoms with Crippen LogP contribution in [-0.2, 0) is 13.0 Å². The number of methoxy groups -OCH3 is 1. The SMILES string of the molecule is COc1ccc2oc(C(=O)NCCc3ccc(CO)cc3)c(C)c2c1. The van der Waals surface area contributed by atoms with Crippen LogP contribution in [0.15, 0.2) is 46.9 Å². The molecule has 1 aromatic heterocycles. The normalized spacial score (nSPS) is 10.8. The first-order valence-electron chi connectivity index (χ1n) is 8.16. The molecule has 0 aliphatic rings. The van der Waals surface area contributed by atoms with Gasteiger partial charge in [-0.05, 0) is 42.7 Å². The van der Waals surface area contributed by atoms with Crippen molar-refractivity contribution in [1.82, 2.24) is 5.32 Å². The van der Waals surface area contributed by atoms with E-state index in [1.807, 2.05) is 43.3 Å². The van der Waals surface area contributed by atoms with E-state index in [9.17, 15) is 4.79 Å². The van der Waals surface area contributed by atoms with Gasteiger partial charge >= 0.3 is 0 Å². The number of hydrogen-bond acceptors (Lipinski definition) is 4. The lowest BCUT2D eigenvalue weighted by Gasteiger charge is -2.05. The average Bonchev–Trinajstić information content (AvgIpc) is 2.98. The molecule has 0 atom stereocenters. The van der Waals surface area contributed by atoms with Crippen molar-refractivity contribution in [3.8, 4) is 5.75 Å². The number of amides is 1. The summed E-state index contributed by atoms with van der Waals surface area (Å²) in [5.74, 6) is 0.841. The number of aryl methyl sites for hydroxylation is 1. The van der Waals surface area contributed by atoms with E-state index >= 15 is 0 Å². The highest BCUT2D eigenvalue weighted by Gasteiger charge is 2.17. The first-order valence-corrected chi connectivity index (χ1v) is 8.16. The van der Waals surface area contributed by atoms with Gasteiger partial charge in [0, 0.05) is 17.5 Å². The predicted octanol–water partition coefficient (Wildman–Crippen LogP) is 3.21. The number of ether oxygens (including phenoxy) is 1. The van der Waals surface area contributed by atoms with Gasteiger partial charge in [0.2, 0.25) is 0 Å². The zero-order valence-corrected chi connectivity index (χ0v) is 14.3. The molecule has 0 radical (unpaired) electrons. The molecule has 0 fully saturated rings. The van der Waals surface area contributed by atoms with E-state index in [1.165, 1.54) is 0 Å². The summed E-state index contributed by atoms with van der Waals surface area (Å²) in [6, 6.07) is 13.2. The van der Waals surface area contributed by atoms with Crippen LogP contribution >= 0.6 is 0 Å². The van der Waals surface area contributed by atoms with Crippen LogP contribution < -0.4 is 10.1 Å². The van der Waals surface area contributed by atoms with Crippen molar-refractivity contribution in [2.45, 2.75) is 20.0 Å². The number of benzene rings is 2. The van der Waals surface area contributed by atoms with Crippen LogP contribution in [0, 0.1) is 6.92 Å². The van der Waals surface area contributed by atoms with Crippen LogP contribution in [0.25, 0.3) is 11.0 Å². The predicted molar refractivity (Wildman–Crippen MR) is 95.9 cm³/mol. The number of nitrogens with one attached hydrogen (secondary N) is 1. The van der Waals surface area contributed by atoms with Crippen molar-refractivity contribution in [3.05, 3.63) is 64.9 Å². The molecule has 0 bridgehead atoms. The van der Waals surface area contributed by atoms with Gasteiger partial charge in [0.15, 0.2) is 5.76 Å². The zero-order valence-electron chi connectivity index (χ0n) is 14.3. The summed E-state index contributed by atoms with van der Waals surface area (Å²) in [5.41, 5.74) is 3.45. The molecule has 2 N–H and O–H groups in total.